The summed E-state index contributed by atoms with van der Waals surface area (Å²) in [4.78, 5) is 12.4. The van der Waals surface area contributed by atoms with Crippen LogP contribution in [-0.4, -0.2) is 26.8 Å². The molecule has 6 nitrogen and oxygen atoms in total. The molecule has 0 saturated heterocycles. The van der Waals surface area contributed by atoms with Crippen molar-refractivity contribution in [3.05, 3.63) is 40.4 Å². The fourth-order valence-corrected chi connectivity index (χ4v) is 2.62. The SMILES string of the molecule is CC(C)Oc1ccccc1C(=O)NCc1n[nH]c(=S)n1C(C)C. The molecular weight excluding hydrogens is 312 g/mol. The first-order chi connectivity index (χ1) is 10.9. The molecule has 0 aliphatic rings. The van der Waals surface area contributed by atoms with Crippen LogP contribution in [0.2, 0.25) is 0 Å². The quantitative estimate of drug-likeness (QED) is 0.796. The van der Waals surface area contributed by atoms with E-state index in [0.717, 1.165) is 0 Å². The van der Waals surface area contributed by atoms with E-state index in [9.17, 15) is 4.79 Å². The van der Waals surface area contributed by atoms with Crippen molar-refractivity contribution in [3.8, 4) is 5.75 Å². The van der Waals surface area contributed by atoms with Gasteiger partial charge in [0, 0.05) is 6.04 Å². The summed E-state index contributed by atoms with van der Waals surface area (Å²) < 4.78 is 8.11. The van der Waals surface area contributed by atoms with E-state index in [4.69, 9.17) is 17.0 Å². The molecule has 0 atom stereocenters. The molecule has 2 aromatic rings. The first-order valence-corrected chi connectivity index (χ1v) is 8.00. The Morgan fingerprint density at radius 3 is 2.70 bits per heavy atom. The predicted octanol–water partition coefficient (Wildman–Crippen LogP) is 3.24. The van der Waals surface area contributed by atoms with E-state index in [1.807, 2.05) is 44.4 Å². The number of rotatable bonds is 6. The molecule has 0 fully saturated rings. The number of amides is 1. The Kier molecular flexibility index (Phi) is 5.54. The third-order valence-electron chi connectivity index (χ3n) is 3.20. The number of ether oxygens (including phenoxy) is 1. The molecule has 23 heavy (non-hydrogen) atoms. The molecule has 0 unspecified atom stereocenters. The third-order valence-corrected chi connectivity index (χ3v) is 3.48. The summed E-state index contributed by atoms with van der Waals surface area (Å²) in [6.45, 7) is 8.18. The second-order valence-corrected chi connectivity index (χ2v) is 6.14. The Labute approximate surface area is 140 Å². The molecule has 0 saturated carbocycles. The molecule has 7 heteroatoms. The number of carbonyl (C=O) groups excluding carboxylic acids is 1. The number of nitrogens with one attached hydrogen (secondary N) is 2. The van der Waals surface area contributed by atoms with E-state index in [-0.39, 0.29) is 18.1 Å². The first-order valence-electron chi connectivity index (χ1n) is 7.59. The number of hydrogen-bond donors (Lipinski definition) is 2. The lowest BCUT2D eigenvalue weighted by Gasteiger charge is -2.14. The second kappa shape index (κ2) is 7.41. The Balaban J connectivity index is 2.13. The van der Waals surface area contributed by atoms with Gasteiger partial charge in [0.15, 0.2) is 10.6 Å². The van der Waals surface area contributed by atoms with Crippen LogP contribution < -0.4 is 10.1 Å². The van der Waals surface area contributed by atoms with Gasteiger partial charge >= 0.3 is 0 Å². The summed E-state index contributed by atoms with van der Waals surface area (Å²) in [7, 11) is 0. The van der Waals surface area contributed by atoms with Crippen molar-refractivity contribution in [2.24, 2.45) is 0 Å². The number of aromatic nitrogens is 3. The Hall–Kier alpha value is -2.15. The molecule has 124 valence electrons. The van der Waals surface area contributed by atoms with Gasteiger partial charge in [0.25, 0.3) is 5.91 Å². The zero-order valence-corrected chi connectivity index (χ0v) is 14.6. The summed E-state index contributed by atoms with van der Waals surface area (Å²) in [5.41, 5.74) is 0.506. The van der Waals surface area contributed by atoms with Crippen LogP contribution in [0.15, 0.2) is 24.3 Å². The molecule has 0 radical (unpaired) electrons. The Bertz CT molecular complexity index is 734. The summed E-state index contributed by atoms with van der Waals surface area (Å²) in [5.74, 6) is 1.06. The van der Waals surface area contributed by atoms with Crippen molar-refractivity contribution in [3.63, 3.8) is 0 Å². The summed E-state index contributed by atoms with van der Waals surface area (Å²) >= 11 is 5.20. The fourth-order valence-electron chi connectivity index (χ4n) is 2.26. The molecular formula is C16H22N4O2S. The average molecular weight is 334 g/mol. The minimum atomic E-state index is -0.203. The predicted molar refractivity (Wildman–Crippen MR) is 91.2 cm³/mol. The van der Waals surface area contributed by atoms with Crippen LogP contribution >= 0.6 is 12.2 Å². The van der Waals surface area contributed by atoms with Gasteiger partial charge in [-0.1, -0.05) is 12.1 Å². The molecule has 0 aliphatic carbocycles. The van der Waals surface area contributed by atoms with Crippen LogP contribution in [0.4, 0.5) is 0 Å². The summed E-state index contributed by atoms with van der Waals surface area (Å²) in [6, 6.07) is 7.36. The summed E-state index contributed by atoms with van der Waals surface area (Å²) in [5, 5.41) is 9.80. The monoisotopic (exact) mass is 334 g/mol. The lowest BCUT2D eigenvalue weighted by Crippen LogP contribution is -2.26. The van der Waals surface area contributed by atoms with E-state index >= 15 is 0 Å². The van der Waals surface area contributed by atoms with Crippen LogP contribution in [0.5, 0.6) is 5.75 Å². The number of H-pyrrole nitrogens is 1. The van der Waals surface area contributed by atoms with Crippen molar-refractivity contribution in [1.29, 1.82) is 0 Å². The summed E-state index contributed by atoms with van der Waals surface area (Å²) in [6.07, 6.45) is 0.00108. The van der Waals surface area contributed by atoms with Crippen molar-refractivity contribution >= 4 is 18.1 Å². The highest BCUT2D eigenvalue weighted by Crippen LogP contribution is 2.19. The minimum absolute atomic E-state index is 0.00108. The van der Waals surface area contributed by atoms with Gasteiger partial charge in [0.2, 0.25) is 0 Å². The van der Waals surface area contributed by atoms with Crippen molar-refractivity contribution in [1.82, 2.24) is 20.1 Å². The third kappa shape index (κ3) is 4.19. The zero-order valence-electron chi connectivity index (χ0n) is 13.8. The molecule has 0 spiro atoms. The van der Waals surface area contributed by atoms with Gasteiger partial charge in [0.1, 0.15) is 5.75 Å². The van der Waals surface area contributed by atoms with E-state index < -0.39 is 0 Å². The van der Waals surface area contributed by atoms with Gasteiger partial charge in [-0.15, -0.1) is 0 Å². The highest BCUT2D eigenvalue weighted by molar-refractivity contribution is 7.71. The van der Waals surface area contributed by atoms with Crippen LogP contribution in [0.3, 0.4) is 0 Å². The van der Waals surface area contributed by atoms with E-state index in [1.165, 1.54) is 0 Å². The van der Waals surface area contributed by atoms with Gasteiger partial charge in [0.05, 0.1) is 18.2 Å². The average Bonchev–Trinajstić information content (AvgIpc) is 2.86. The highest BCUT2D eigenvalue weighted by Gasteiger charge is 2.15. The fraction of sp³-hybridized carbons (Fsp3) is 0.438. The molecule has 2 rings (SSSR count). The van der Waals surface area contributed by atoms with E-state index in [1.54, 1.807) is 12.1 Å². The van der Waals surface area contributed by atoms with E-state index in [2.05, 4.69) is 15.5 Å². The van der Waals surface area contributed by atoms with Crippen LogP contribution in [0, 0.1) is 4.77 Å². The van der Waals surface area contributed by atoms with Crippen LogP contribution in [-0.2, 0) is 6.54 Å². The second-order valence-electron chi connectivity index (χ2n) is 5.75. The van der Waals surface area contributed by atoms with Gasteiger partial charge < -0.3 is 14.6 Å². The lowest BCUT2D eigenvalue weighted by molar-refractivity contribution is 0.0943. The smallest absolute Gasteiger partial charge is 0.255 e. The normalized spacial score (nSPS) is 11.0. The standard InChI is InChI=1S/C16H22N4O2S/c1-10(2)20-14(18-19-16(20)23)9-17-15(21)12-7-5-6-8-13(12)22-11(3)4/h5-8,10-11H,9H2,1-4H3,(H,17,21)(H,19,23). The van der Waals surface area contributed by atoms with Crippen molar-refractivity contribution in [2.45, 2.75) is 46.4 Å². The largest absolute Gasteiger partial charge is 0.490 e. The molecule has 0 aliphatic heterocycles. The maximum absolute atomic E-state index is 12.4. The Morgan fingerprint density at radius 1 is 1.35 bits per heavy atom. The van der Waals surface area contributed by atoms with Crippen LogP contribution in [0.1, 0.15) is 49.9 Å². The van der Waals surface area contributed by atoms with Gasteiger partial charge in [-0.3, -0.25) is 9.89 Å². The lowest BCUT2D eigenvalue weighted by atomic mass is 10.2. The minimum Gasteiger partial charge on any atom is -0.490 e. The Morgan fingerprint density at radius 2 is 2.04 bits per heavy atom. The maximum atomic E-state index is 12.4. The molecule has 1 amide bonds. The van der Waals surface area contributed by atoms with Gasteiger partial charge in [-0.2, -0.15) is 5.10 Å². The zero-order chi connectivity index (χ0) is 17.0. The van der Waals surface area contributed by atoms with Crippen molar-refractivity contribution < 1.29 is 9.53 Å². The number of aromatic amines is 1. The van der Waals surface area contributed by atoms with Gasteiger partial charge in [-0.25, -0.2) is 0 Å². The molecule has 0 bridgehead atoms. The number of hydrogen-bond acceptors (Lipinski definition) is 4. The number of carbonyl (C=O) groups is 1. The van der Waals surface area contributed by atoms with Gasteiger partial charge in [-0.05, 0) is 52.0 Å². The molecule has 2 N–H and O–H groups in total. The van der Waals surface area contributed by atoms with E-state index in [0.29, 0.717) is 28.5 Å². The molecule has 1 aromatic carbocycles. The molecule has 1 heterocycles. The maximum Gasteiger partial charge on any atom is 0.255 e. The number of benzene rings is 1. The number of para-hydroxylation sites is 1. The first kappa shape index (κ1) is 17.2. The number of nitrogens with zero attached hydrogens (tertiary/aromatic N) is 2. The van der Waals surface area contributed by atoms with Crippen LogP contribution in [0.25, 0.3) is 0 Å². The highest BCUT2D eigenvalue weighted by atomic mass is 32.1. The topological polar surface area (TPSA) is 71.9 Å². The molecule has 1 aromatic heterocycles. The van der Waals surface area contributed by atoms with Crippen molar-refractivity contribution in [2.75, 3.05) is 0 Å².